The average molecular weight is 513 g/mol. The summed E-state index contributed by atoms with van der Waals surface area (Å²) in [5, 5.41) is 16.3. The van der Waals surface area contributed by atoms with Crippen LogP contribution in [0.3, 0.4) is 0 Å². The van der Waals surface area contributed by atoms with Crippen molar-refractivity contribution in [1.29, 1.82) is 0 Å². The molecule has 0 N–H and O–H groups in total. The van der Waals surface area contributed by atoms with E-state index in [0.29, 0.717) is 28.7 Å². The largest absolute Gasteiger partial charge is 0.493 e. The van der Waals surface area contributed by atoms with Crippen LogP contribution in [0.5, 0.6) is 11.5 Å². The molecule has 0 bridgehead atoms. The summed E-state index contributed by atoms with van der Waals surface area (Å²) < 4.78 is 12.5. The summed E-state index contributed by atoms with van der Waals surface area (Å²) in [6.45, 7) is 1.89. The fraction of sp³-hybridized carbons (Fsp3) is 0.261. The summed E-state index contributed by atoms with van der Waals surface area (Å²) in [6.07, 6.45) is 8.84. The normalized spacial score (nSPS) is 11.0. The van der Waals surface area contributed by atoms with Gasteiger partial charge < -0.3 is 9.47 Å². The van der Waals surface area contributed by atoms with Crippen LogP contribution in [0, 0.1) is 22.5 Å². The van der Waals surface area contributed by atoms with Gasteiger partial charge in [0.1, 0.15) is 12.4 Å². The molecule has 0 unspecified atom stereocenters. The lowest BCUT2D eigenvalue weighted by molar-refractivity contribution is -0.385. The highest BCUT2D eigenvalue weighted by atomic mass is 79.9. The van der Waals surface area contributed by atoms with Crippen LogP contribution in [0.2, 0.25) is 0 Å². The average Bonchev–Trinajstić information content (AvgIpc) is 2.81. The number of unbranched alkanes of at least 4 members (excludes halogenated alkanes) is 1. The predicted molar refractivity (Wildman–Crippen MR) is 129 cm³/mol. The van der Waals surface area contributed by atoms with Crippen LogP contribution < -0.4 is 15.0 Å². The zero-order valence-corrected chi connectivity index (χ0v) is 19.7. The molecule has 1 aromatic heterocycles. The highest BCUT2D eigenvalue weighted by molar-refractivity contribution is 9.10. The van der Waals surface area contributed by atoms with Crippen molar-refractivity contribution in [3.63, 3.8) is 0 Å². The molecule has 33 heavy (non-hydrogen) atoms. The lowest BCUT2D eigenvalue weighted by Gasteiger charge is -2.11. The molecule has 170 valence electrons. The number of methoxy groups -OCH3 is 1. The number of terminal acetylenes is 1. The topological polar surface area (TPSA) is 109 Å². The fourth-order valence-electron chi connectivity index (χ4n) is 3.16. The van der Waals surface area contributed by atoms with Crippen molar-refractivity contribution in [2.75, 3.05) is 13.7 Å². The fourth-order valence-corrected chi connectivity index (χ4v) is 3.52. The van der Waals surface area contributed by atoms with E-state index < -0.39 is 4.92 Å². The number of aryl methyl sites for hydroxylation is 1. The molecule has 0 atom stereocenters. The molecular formula is C23H21BrN4O5. The van der Waals surface area contributed by atoms with Crippen LogP contribution in [0.4, 0.5) is 5.69 Å². The summed E-state index contributed by atoms with van der Waals surface area (Å²) in [5.41, 5.74) is 0.256. The molecule has 10 heteroatoms. The Bertz CT molecular complexity index is 1330. The zero-order valence-electron chi connectivity index (χ0n) is 18.1. The lowest BCUT2D eigenvalue weighted by atomic mass is 10.2. The third kappa shape index (κ3) is 5.38. The molecule has 1 heterocycles. The van der Waals surface area contributed by atoms with Gasteiger partial charge in [0.15, 0.2) is 5.75 Å². The minimum atomic E-state index is -0.598. The van der Waals surface area contributed by atoms with Crippen molar-refractivity contribution >= 4 is 38.7 Å². The van der Waals surface area contributed by atoms with Gasteiger partial charge in [0.2, 0.25) is 5.75 Å². The summed E-state index contributed by atoms with van der Waals surface area (Å²) in [4.78, 5) is 28.8. The van der Waals surface area contributed by atoms with E-state index in [2.05, 4.69) is 31.9 Å². The summed E-state index contributed by atoms with van der Waals surface area (Å²) in [7, 11) is 1.36. The molecule has 3 rings (SSSR count). The van der Waals surface area contributed by atoms with Crippen LogP contribution in [-0.2, 0) is 6.42 Å². The molecule has 0 fully saturated rings. The van der Waals surface area contributed by atoms with Gasteiger partial charge in [-0.2, -0.15) is 9.78 Å². The second-order valence-electron chi connectivity index (χ2n) is 6.98. The maximum atomic E-state index is 13.2. The minimum absolute atomic E-state index is 0.0735. The Morgan fingerprint density at radius 2 is 2.15 bits per heavy atom. The number of fused-ring (bicyclic) bond motifs is 1. The molecule has 0 aliphatic rings. The van der Waals surface area contributed by atoms with E-state index in [9.17, 15) is 14.9 Å². The zero-order chi connectivity index (χ0) is 24.0. The SMILES string of the molecule is C#CCOc1c(OC)cc(C=Nn2c(CCCC)nc3ccc(Br)cc3c2=O)cc1[N+](=O)[O-]. The van der Waals surface area contributed by atoms with Gasteiger partial charge in [0.05, 0.1) is 29.2 Å². The summed E-state index contributed by atoms with van der Waals surface area (Å²) in [6, 6.07) is 8.07. The van der Waals surface area contributed by atoms with E-state index in [0.717, 1.165) is 17.3 Å². The van der Waals surface area contributed by atoms with Crippen molar-refractivity contribution in [2.24, 2.45) is 5.10 Å². The van der Waals surface area contributed by atoms with Gasteiger partial charge in [-0.25, -0.2) is 4.98 Å². The maximum absolute atomic E-state index is 13.2. The van der Waals surface area contributed by atoms with Crippen LogP contribution >= 0.6 is 15.9 Å². The molecule has 0 spiro atoms. The van der Waals surface area contributed by atoms with Gasteiger partial charge >= 0.3 is 5.69 Å². The summed E-state index contributed by atoms with van der Waals surface area (Å²) >= 11 is 3.37. The molecule has 0 radical (unpaired) electrons. The Kier molecular flexibility index (Phi) is 7.79. The Balaban J connectivity index is 2.13. The van der Waals surface area contributed by atoms with Crippen LogP contribution in [0.1, 0.15) is 31.2 Å². The van der Waals surface area contributed by atoms with Gasteiger partial charge in [0.25, 0.3) is 5.56 Å². The third-order valence-corrected chi connectivity index (χ3v) is 5.22. The van der Waals surface area contributed by atoms with E-state index in [-0.39, 0.29) is 29.4 Å². The summed E-state index contributed by atoms with van der Waals surface area (Å²) in [5.74, 6) is 2.82. The van der Waals surface area contributed by atoms with Crippen molar-refractivity contribution < 1.29 is 14.4 Å². The van der Waals surface area contributed by atoms with E-state index in [4.69, 9.17) is 15.9 Å². The molecule has 0 amide bonds. The van der Waals surface area contributed by atoms with Gasteiger partial charge in [-0.15, -0.1) is 6.42 Å². The molecular weight excluding hydrogens is 492 g/mol. The van der Waals surface area contributed by atoms with Gasteiger partial charge in [-0.1, -0.05) is 35.2 Å². The third-order valence-electron chi connectivity index (χ3n) is 4.73. The van der Waals surface area contributed by atoms with E-state index in [1.54, 1.807) is 12.1 Å². The monoisotopic (exact) mass is 512 g/mol. The lowest BCUT2D eigenvalue weighted by Crippen LogP contribution is -2.22. The smallest absolute Gasteiger partial charge is 0.315 e. The number of aromatic nitrogens is 2. The first-order valence-electron chi connectivity index (χ1n) is 10.1. The highest BCUT2D eigenvalue weighted by Gasteiger charge is 2.22. The molecule has 9 nitrogen and oxygen atoms in total. The standard InChI is InChI=1S/C23H21BrN4O5/c1-4-6-7-21-26-18-9-8-16(24)13-17(18)23(29)27(21)25-14-15-11-19(28(30)31)22(33-10-5-2)20(12-15)32-3/h2,8-9,11-14H,4,6-7,10H2,1,3H3. The molecule has 3 aromatic rings. The second kappa shape index (κ2) is 10.7. The number of hydrogen-bond donors (Lipinski definition) is 0. The molecule has 0 saturated carbocycles. The Hall–Kier alpha value is -3.71. The van der Waals surface area contributed by atoms with Crippen molar-refractivity contribution in [3.05, 3.63) is 66.7 Å². The van der Waals surface area contributed by atoms with E-state index in [1.807, 2.05) is 13.0 Å². The Morgan fingerprint density at radius 3 is 2.82 bits per heavy atom. The van der Waals surface area contributed by atoms with E-state index in [1.165, 1.54) is 30.1 Å². The first-order chi connectivity index (χ1) is 15.9. The maximum Gasteiger partial charge on any atom is 0.315 e. The number of nitrogens with zero attached hydrogens (tertiary/aromatic N) is 4. The number of nitro groups is 1. The van der Waals surface area contributed by atoms with E-state index >= 15 is 0 Å². The van der Waals surface area contributed by atoms with Crippen molar-refractivity contribution in [3.8, 4) is 23.8 Å². The quantitative estimate of drug-likeness (QED) is 0.183. The number of benzene rings is 2. The second-order valence-corrected chi connectivity index (χ2v) is 7.89. The van der Waals surface area contributed by atoms with Gasteiger partial charge in [0, 0.05) is 22.5 Å². The predicted octanol–water partition coefficient (Wildman–Crippen LogP) is 4.31. The number of rotatable bonds is 9. The van der Waals surface area contributed by atoms with Crippen molar-refractivity contribution in [1.82, 2.24) is 9.66 Å². The number of ether oxygens (including phenoxy) is 2. The molecule has 0 aliphatic heterocycles. The Morgan fingerprint density at radius 1 is 1.36 bits per heavy atom. The number of nitro benzene ring substituents is 1. The molecule has 0 aliphatic carbocycles. The highest BCUT2D eigenvalue weighted by Crippen LogP contribution is 2.38. The van der Waals surface area contributed by atoms with Gasteiger partial charge in [-0.3, -0.25) is 14.9 Å². The van der Waals surface area contributed by atoms with Gasteiger partial charge in [-0.05, 0) is 30.7 Å². The minimum Gasteiger partial charge on any atom is -0.493 e. The number of halogens is 1. The molecule has 2 aromatic carbocycles. The van der Waals surface area contributed by atoms with Crippen LogP contribution in [0.25, 0.3) is 10.9 Å². The first-order valence-corrected chi connectivity index (χ1v) is 10.9. The first kappa shape index (κ1) is 23.9. The van der Waals surface area contributed by atoms with Crippen molar-refractivity contribution in [2.45, 2.75) is 26.2 Å². The molecule has 0 saturated heterocycles. The van der Waals surface area contributed by atoms with Crippen LogP contribution in [-0.4, -0.2) is 34.5 Å². The number of hydrogen-bond acceptors (Lipinski definition) is 7. The Labute approximate surface area is 198 Å². The van der Waals surface area contributed by atoms with Crippen LogP contribution in [0.15, 0.2) is 44.7 Å².